The minimum Gasteiger partial charge on any atom is -0.493 e. The van der Waals surface area contributed by atoms with Crippen molar-refractivity contribution in [2.75, 3.05) is 21.3 Å². The molecule has 2 rings (SSSR count). The van der Waals surface area contributed by atoms with E-state index in [0.717, 1.165) is 5.56 Å². The summed E-state index contributed by atoms with van der Waals surface area (Å²) < 4.78 is 15.9. The van der Waals surface area contributed by atoms with Crippen molar-refractivity contribution in [1.29, 1.82) is 0 Å². The smallest absolute Gasteiger partial charge is 0.270 e. The number of methoxy groups -OCH3 is 3. The number of hydrogen-bond donors (Lipinski definition) is 1. The summed E-state index contributed by atoms with van der Waals surface area (Å²) in [6, 6.07) is 8.76. The van der Waals surface area contributed by atoms with Crippen LogP contribution in [0.5, 0.6) is 17.2 Å². The minimum absolute atomic E-state index is 0.252. The monoisotopic (exact) mass is 302 g/mol. The highest BCUT2D eigenvalue weighted by molar-refractivity contribution is 5.92. The number of amides is 1. The highest BCUT2D eigenvalue weighted by Crippen LogP contribution is 2.39. The zero-order valence-corrected chi connectivity index (χ0v) is 12.8. The fourth-order valence-corrected chi connectivity index (χ4v) is 2.07. The lowest BCUT2D eigenvalue weighted by molar-refractivity contribution is 0.0945. The third kappa shape index (κ3) is 3.28. The molecule has 1 aromatic heterocycles. The number of hydrogen-bond acceptors (Lipinski definition) is 5. The standard InChI is InChI=1S/C16H18N2O4/c1-20-13-8-7-11(14(21-2)15(13)22-3)10-18-16(19)12-6-4-5-9-17-12/h4-9H,10H2,1-3H3,(H,18,19). The first-order valence-electron chi connectivity index (χ1n) is 6.68. The fourth-order valence-electron chi connectivity index (χ4n) is 2.07. The molecule has 22 heavy (non-hydrogen) atoms. The molecule has 0 spiro atoms. The molecule has 0 aliphatic heterocycles. The Balaban J connectivity index is 2.18. The van der Waals surface area contributed by atoms with Crippen LogP contribution in [0.3, 0.4) is 0 Å². The number of pyridine rings is 1. The summed E-state index contributed by atoms with van der Waals surface area (Å²) in [6.45, 7) is 0.291. The minimum atomic E-state index is -0.252. The summed E-state index contributed by atoms with van der Waals surface area (Å²) in [6.07, 6.45) is 1.58. The van der Waals surface area contributed by atoms with Gasteiger partial charge in [0.2, 0.25) is 5.75 Å². The molecule has 0 bridgehead atoms. The summed E-state index contributed by atoms with van der Waals surface area (Å²) in [7, 11) is 4.64. The summed E-state index contributed by atoms with van der Waals surface area (Å²) in [5.74, 6) is 1.34. The summed E-state index contributed by atoms with van der Waals surface area (Å²) in [5, 5.41) is 2.80. The predicted molar refractivity (Wildman–Crippen MR) is 81.5 cm³/mol. The Morgan fingerprint density at radius 1 is 1.05 bits per heavy atom. The Hall–Kier alpha value is -2.76. The van der Waals surface area contributed by atoms with Crippen LogP contribution in [0.1, 0.15) is 16.1 Å². The van der Waals surface area contributed by atoms with Crippen molar-refractivity contribution in [3.63, 3.8) is 0 Å². The van der Waals surface area contributed by atoms with Crippen molar-refractivity contribution < 1.29 is 19.0 Å². The van der Waals surface area contributed by atoms with Crippen LogP contribution in [0.2, 0.25) is 0 Å². The van der Waals surface area contributed by atoms with Crippen molar-refractivity contribution in [3.05, 3.63) is 47.8 Å². The molecule has 1 heterocycles. The van der Waals surface area contributed by atoms with Crippen molar-refractivity contribution in [2.45, 2.75) is 6.54 Å². The molecule has 0 aliphatic rings. The number of rotatable bonds is 6. The first-order valence-corrected chi connectivity index (χ1v) is 6.68. The lowest BCUT2D eigenvalue weighted by atomic mass is 10.1. The SMILES string of the molecule is COc1ccc(CNC(=O)c2ccccn2)c(OC)c1OC. The molecule has 0 aliphatic carbocycles. The van der Waals surface area contributed by atoms with E-state index in [4.69, 9.17) is 14.2 Å². The van der Waals surface area contributed by atoms with Crippen LogP contribution in [0.25, 0.3) is 0 Å². The van der Waals surface area contributed by atoms with Gasteiger partial charge in [-0.05, 0) is 24.3 Å². The molecule has 1 amide bonds. The maximum absolute atomic E-state index is 12.0. The van der Waals surface area contributed by atoms with Crippen molar-refractivity contribution in [3.8, 4) is 17.2 Å². The molecular formula is C16H18N2O4. The maximum atomic E-state index is 12.0. The largest absolute Gasteiger partial charge is 0.493 e. The van der Waals surface area contributed by atoms with Gasteiger partial charge in [-0.1, -0.05) is 6.07 Å². The van der Waals surface area contributed by atoms with Gasteiger partial charge in [0.25, 0.3) is 5.91 Å². The Bertz CT molecular complexity index is 644. The Morgan fingerprint density at radius 3 is 2.41 bits per heavy atom. The van der Waals surface area contributed by atoms with Gasteiger partial charge in [0.1, 0.15) is 5.69 Å². The van der Waals surface area contributed by atoms with Crippen LogP contribution in [-0.2, 0) is 6.54 Å². The van der Waals surface area contributed by atoms with E-state index >= 15 is 0 Å². The second-order valence-electron chi connectivity index (χ2n) is 4.39. The number of nitrogens with one attached hydrogen (secondary N) is 1. The normalized spacial score (nSPS) is 9.95. The van der Waals surface area contributed by atoms with Crippen LogP contribution < -0.4 is 19.5 Å². The molecule has 0 unspecified atom stereocenters. The molecule has 0 radical (unpaired) electrons. The average Bonchev–Trinajstić information content (AvgIpc) is 2.59. The van der Waals surface area contributed by atoms with Gasteiger partial charge in [-0.3, -0.25) is 9.78 Å². The molecule has 6 heteroatoms. The van der Waals surface area contributed by atoms with E-state index in [1.54, 1.807) is 44.7 Å². The van der Waals surface area contributed by atoms with Crippen molar-refractivity contribution >= 4 is 5.91 Å². The van der Waals surface area contributed by atoms with E-state index < -0.39 is 0 Å². The van der Waals surface area contributed by atoms with Gasteiger partial charge in [0.05, 0.1) is 21.3 Å². The molecule has 6 nitrogen and oxygen atoms in total. The van der Waals surface area contributed by atoms with Crippen LogP contribution >= 0.6 is 0 Å². The number of carbonyl (C=O) groups is 1. The third-order valence-corrected chi connectivity index (χ3v) is 3.12. The molecule has 0 saturated carbocycles. The average molecular weight is 302 g/mol. The highest BCUT2D eigenvalue weighted by Gasteiger charge is 2.16. The molecule has 0 fully saturated rings. The molecule has 116 valence electrons. The molecule has 0 atom stereocenters. The lowest BCUT2D eigenvalue weighted by Gasteiger charge is -2.16. The van der Waals surface area contributed by atoms with Gasteiger partial charge in [-0.25, -0.2) is 0 Å². The summed E-state index contributed by atoms with van der Waals surface area (Å²) in [4.78, 5) is 16.0. The molecule has 1 N–H and O–H groups in total. The van der Waals surface area contributed by atoms with Gasteiger partial charge in [0.15, 0.2) is 11.5 Å². The molecule has 2 aromatic rings. The van der Waals surface area contributed by atoms with Gasteiger partial charge in [0, 0.05) is 18.3 Å². The zero-order chi connectivity index (χ0) is 15.9. The second-order valence-corrected chi connectivity index (χ2v) is 4.39. The van der Waals surface area contributed by atoms with E-state index in [1.807, 2.05) is 6.07 Å². The van der Waals surface area contributed by atoms with Crippen LogP contribution in [0.15, 0.2) is 36.5 Å². The van der Waals surface area contributed by atoms with E-state index in [1.165, 1.54) is 7.11 Å². The second kappa shape index (κ2) is 7.31. The Kier molecular flexibility index (Phi) is 5.19. The summed E-state index contributed by atoms with van der Waals surface area (Å²) in [5.41, 5.74) is 1.14. The van der Waals surface area contributed by atoms with Crippen molar-refractivity contribution in [1.82, 2.24) is 10.3 Å². The van der Waals surface area contributed by atoms with Crippen LogP contribution in [0.4, 0.5) is 0 Å². The zero-order valence-electron chi connectivity index (χ0n) is 12.8. The van der Waals surface area contributed by atoms with Gasteiger partial charge >= 0.3 is 0 Å². The van der Waals surface area contributed by atoms with Gasteiger partial charge in [-0.2, -0.15) is 0 Å². The van der Waals surface area contributed by atoms with Gasteiger partial charge in [-0.15, -0.1) is 0 Å². The molecular weight excluding hydrogens is 284 g/mol. The number of benzene rings is 1. The number of ether oxygens (including phenoxy) is 3. The molecule has 1 aromatic carbocycles. The number of aromatic nitrogens is 1. The molecule has 0 saturated heterocycles. The van der Waals surface area contributed by atoms with E-state index in [2.05, 4.69) is 10.3 Å². The first kappa shape index (κ1) is 15.6. The Morgan fingerprint density at radius 2 is 1.82 bits per heavy atom. The van der Waals surface area contributed by atoms with Crippen LogP contribution in [-0.4, -0.2) is 32.2 Å². The van der Waals surface area contributed by atoms with Gasteiger partial charge < -0.3 is 19.5 Å². The maximum Gasteiger partial charge on any atom is 0.270 e. The van der Waals surface area contributed by atoms with E-state index in [0.29, 0.717) is 29.5 Å². The summed E-state index contributed by atoms with van der Waals surface area (Å²) >= 11 is 0. The third-order valence-electron chi connectivity index (χ3n) is 3.12. The fraction of sp³-hybridized carbons (Fsp3) is 0.250. The quantitative estimate of drug-likeness (QED) is 0.884. The lowest BCUT2D eigenvalue weighted by Crippen LogP contribution is -2.24. The highest BCUT2D eigenvalue weighted by atomic mass is 16.5. The Labute approximate surface area is 129 Å². The first-order chi connectivity index (χ1) is 10.7. The number of carbonyl (C=O) groups excluding carboxylic acids is 1. The topological polar surface area (TPSA) is 69.7 Å². The van der Waals surface area contributed by atoms with Crippen molar-refractivity contribution in [2.24, 2.45) is 0 Å². The number of nitrogens with zero attached hydrogens (tertiary/aromatic N) is 1. The van der Waals surface area contributed by atoms with E-state index in [9.17, 15) is 4.79 Å². The van der Waals surface area contributed by atoms with Crippen LogP contribution in [0, 0.1) is 0 Å². The predicted octanol–water partition coefficient (Wildman–Crippen LogP) is 2.04. The van der Waals surface area contributed by atoms with E-state index in [-0.39, 0.29) is 5.91 Å².